The summed E-state index contributed by atoms with van der Waals surface area (Å²) in [6.45, 7) is 2.15. The first-order chi connectivity index (χ1) is 13.9. The summed E-state index contributed by atoms with van der Waals surface area (Å²) in [5, 5.41) is 3.15. The lowest BCUT2D eigenvalue weighted by Gasteiger charge is -2.32. The second kappa shape index (κ2) is 7.75. The smallest absolute Gasteiger partial charge is 0.268 e. The fraction of sp³-hybridized carbons (Fsp3) is 0.286. The molecule has 3 amide bonds. The summed E-state index contributed by atoms with van der Waals surface area (Å²) in [5.74, 6) is -0.0273. The van der Waals surface area contributed by atoms with Crippen molar-refractivity contribution in [2.45, 2.75) is 25.9 Å². The monoisotopic (exact) mass is 413 g/mol. The fourth-order valence-corrected chi connectivity index (χ4v) is 3.86. The van der Waals surface area contributed by atoms with Crippen LogP contribution in [0.3, 0.4) is 0 Å². The van der Waals surface area contributed by atoms with E-state index >= 15 is 0 Å². The summed E-state index contributed by atoms with van der Waals surface area (Å²) in [5.41, 5.74) is 1.70. The standard InChI is InChI=1S/C21H20ClN3O4/c1-13-21(28)25(17-5-2-3-6-18(17)29-13)12-19(26)23-14-8-9-16(15(22)11-14)24-10-4-7-20(24)27/h2-3,5-6,8-9,11,13H,4,7,10,12H2,1H3,(H,23,26). The van der Waals surface area contributed by atoms with Crippen molar-refractivity contribution in [3.63, 3.8) is 0 Å². The van der Waals surface area contributed by atoms with E-state index in [0.717, 1.165) is 6.42 Å². The fourth-order valence-electron chi connectivity index (χ4n) is 3.57. The third-order valence-electron chi connectivity index (χ3n) is 4.97. The van der Waals surface area contributed by atoms with E-state index in [1.807, 2.05) is 6.07 Å². The van der Waals surface area contributed by atoms with Crippen molar-refractivity contribution >= 4 is 46.4 Å². The van der Waals surface area contributed by atoms with Crippen LogP contribution in [0.4, 0.5) is 17.1 Å². The molecule has 0 bridgehead atoms. The number of hydrogen-bond donors (Lipinski definition) is 1. The number of nitrogens with zero attached hydrogens (tertiary/aromatic N) is 2. The van der Waals surface area contributed by atoms with Crippen LogP contribution in [-0.4, -0.2) is 36.9 Å². The van der Waals surface area contributed by atoms with Crippen LogP contribution < -0.4 is 19.9 Å². The molecule has 0 saturated carbocycles. The average Bonchev–Trinajstić information content (AvgIpc) is 3.11. The summed E-state index contributed by atoms with van der Waals surface area (Å²) in [6.07, 6.45) is 0.660. The average molecular weight is 414 g/mol. The second-order valence-electron chi connectivity index (χ2n) is 7.02. The van der Waals surface area contributed by atoms with Crippen molar-refractivity contribution in [2.24, 2.45) is 0 Å². The highest BCUT2D eigenvalue weighted by molar-refractivity contribution is 6.34. The first-order valence-electron chi connectivity index (χ1n) is 9.41. The predicted octanol–water partition coefficient (Wildman–Crippen LogP) is 3.22. The van der Waals surface area contributed by atoms with Gasteiger partial charge in [0.2, 0.25) is 11.8 Å². The van der Waals surface area contributed by atoms with Gasteiger partial charge in [-0.1, -0.05) is 23.7 Å². The van der Waals surface area contributed by atoms with Crippen LogP contribution in [0.1, 0.15) is 19.8 Å². The Bertz CT molecular complexity index is 994. The van der Waals surface area contributed by atoms with Gasteiger partial charge in [-0.05, 0) is 43.7 Å². The number of halogens is 1. The van der Waals surface area contributed by atoms with Gasteiger partial charge in [0.1, 0.15) is 12.3 Å². The number of amides is 3. The van der Waals surface area contributed by atoms with Crippen LogP contribution in [0, 0.1) is 0 Å². The molecule has 7 nitrogen and oxygen atoms in total. The maximum atomic E-state index is 12.6. The molecule has 2 aromatic carbocycles. The van der Waals surface area contributed by atoms with Crippen LogP contribution in [-0.2, 0) is 14.4 Å². The SMILES string of the molecule is CC1Oc2ccccc2N(CC(=O)Nc2ccc(N3CCCC3=O)c(Cl)c2)C1=O. The molecule has 1 unspecified atom stereocenters. The highest BCUT2D eigenvalue weighted by Crippen LogP contribution is 2.34. The molecular formula is C21H20ClN3O4. The molecule has 0 aliphatic carbocycles. The van der Waals surface area contributed by atoms with Gasteiger partial charge in [-0.3, -0.25) is 19.3 Å². The predicted molar refractivity (Wildman–Crippen MR) is 111 cm³/mol. The number of hydrogen-bond acceptors (Lipinski definition) is 4. The lowest BCUT2D eigenvalue weighted by Crippen LogP contribution is -2.47. The Morgan fingerprint density at radius 3 is 2.72 bits per heavy atom. The lowest BCUT2D eigenvalue weighted by molar-refractivity contribution is -0.127. The highest BCUT2D eigenvalue weighted by atomic mass is 35.5. The Labute approximate surface area is 173 Å². The number of carbonyl (C=O) groups is 3. The van der Waals surface area contributed by atoms with Gasteiger partial charge < -0.3 is 15.0 Å². The molecule has 150 valence electrons. The number of benzene rings is 2. The molecule has 8 heteroatoms. The Morgan fingerprint density at radius 2 is 2.00 bits per heavy atom. The first kappa shape index (κ1) is 19.3. The number of para-hydroxylation sites is 2. The number of carbonyl (C=O) groups excluding carboxylic acids is 3. The zero-order valence-electron chi connectivity index (χ0n) is 15.9. The quantitative estimate of drug-likeness (QED) is 0.834. The number of fused-ring (bicyclic) bond motifs is 1. The van der Waals surface area contributed by atoms with Crippen molar-refractivity contribution in [1.29, 1.82) is 0 Å². The van der Waals surface area contributed by atoms with Crippen LogP contribution in [0.2, 0.25) is 5.02 Å². The summed E-state index contributed by atoms with van der Waals surface area (Å²) < 4.78 is 5.59. The van der Waals surface area contributed by atoms with E-state index in [9.17, 15) is 14.4 Å². The largest absolute Gasteiger partial charge is 0.479 e. The van der Waals surface area contributed by atoms with E-state index in [-0.39, 0.29) is 24.3 Å². The third-order valence-corrected chi connectivity index (χ3v) is 5.27. The molecule has 1 atom stereocenters. The number of anilines is 3. The molecule has 2 aliphatic heterocycles. The van der Waals surface area contributed by atoms with Gasteiger partial charge >= 0.3 is 0 Å². The van der Waals surface area contributed by atoms with Crippen molar-refractivity contribution in [1.82, 2.24) is 0 Å². The molecule has 29 heavy (non-hydrogen) atoms. The maximum Gasteiger partial charge on any atom is 0.268 e. The van der Waals surface area contributed by atoms with E-state index in [1.54, 1.807) is 48.2 Å². The van der Waals surface area contributed by atoms with Crippen molar-refractivity contribution in [3.05, 3.63) is 47.5 Å². The zero-order chi connectivity index (χ0) is 20.5. The first-order valence-corrected chi connectivity index (χ1v) is 9.78. The van der Waals surface area contributed by atoms with E-state index in [4.69, 9.17) is 16.3 Å². The van der Waals surface area contributed by atoms with Gasteiger partial charge in [-0.25, -0.2) is 0 Å². The summed E-state index contributed by atoms with van der Waals surface area (Å²) in [7, 11) is 0. The van der Waals surface area contributed by atoms with Gasteiger partial charge in [-0.2, -0.15) is 0 Å². The van der Waals surface area contributed by atoms with Crippen molar-refractivity contribution in [3.8, 4) is 5.75 Å². The molecule has 0 spiro atoms. The van der Waals surface area contributed by atoms with Gasteiger partial charge in [0.15, 0.2) is 6.10 Å². The van der Waals surface area contributed by atoms with Gasteiger partial charge in [0, 0.05) is 18.7 Å². The molecule has 4 rings (SSSR count). The maximum absolute atomic E-state index is 12.6. The Balaban J connectivity index is 1.48. The number of ether oxygens (including phenoxy) is 1. The lowest BCUT2D eigenvalue weighted by atomic mass is 10.2. The van der Waals surface area contributed by atoms with Crippen molar-refractivity contribution < 1.29 is 19.1 Å². The minimum absolute atomic E-state index is 0.0438. The van der Waals surface area contributed by atoms with Gasteiger partial charge in [0.25, 0.3) is 5.91 Å². The zero-order valence-corrected chi connectivity index (χ0v) is 16.6. The van der Waals surface area contributed by atoms with Crippen LogP contribution in [0.5, 0.6) is 5.75 Å². The Kier molecular flexibility index (Phi) is 5.15. The minimum Gasteiger partial charge on any atom is -0.479 e. The normalized spacial score (nSPS) is 18.5. The number of nitrogens with one attached hydrogen (secondary N) is 1. The minimum atomic E-state index is -0.663. The molecule has 1 fully saturated rings. The molecule has 1 saturated heterocycles. The summed E-state index contributed by atoms with van der Waals surface area (Å²) in [6, 6.07) is 12.1. The molecule has 2 heterocycles. The van der Waals surface area contributed by atoms with Crippen LogP contribution in [0.25, 0.3) is 0 Å². The molecule has 2 aliphatic rings. The summed E-state index contributed by atoms with van der Waals surface area (Å²) in [4.78, 5) is 40.1. The van der Waals surface area contributed by atoms with Crippen LogP contribution >= 0.6 is 11.6 Å². The number of rotatable bonds is 4. The topological polar surface area (TPSA) is 79.0 Å². The third kappa shape index (κ3) is 3.78. The van der Waals surface area contributed by atoms with E-state index in [1.165, 1.54) is 4.90 Å². The van der Waals surface area contributed by atoms with Crippen LogP contribution in [0.15, 0.2) is 42.5 Å². The Morgan fingerprint density at radius 1 is 1.21 bits per heavy atom. The Hall–Kier alpha value is -3.06. The molecule has 2 aromatic rings. The second-order valence-corrected chi connectivity index (χ2v) is 7.42. The molecule has 0 aromatic heterocycles. The van der Waals surface area contributed by atoms with E-state index in [0.29, 0.717) is 40.8 Å². The van der Waals surface area contributed by atoms with Crippen molar-refractivity contribution in [2.75, 3.05) is 28.2 Å². The van der Waals surface area contributed by atoms with Gasteiger partial charge in [0.05, 0.1) is 16.4 Å². The molecule has 1 N–H and O–H groups in total. The van der Waals surface area contributed by atoms with E-state index < -0.39 is 6.10 Å². The molecule has 0 radical (unpaired) electrons. The van der Waals surface area contributed by atoms with Gasteiger partial charge in [-0.15, -0.1) is 0 Å². The van der Waals surface area contributed by atoms with E-state index in [2.05, 4.69) is 5.32 Å². The highest BCUT2D eigenvalue weighted by Gasteiger charge is 2.32. The summed E-state index contributed by atoms with van der Waals surface area (Å²) >= 11 is 6.33. The molecular weight excluding hydrogens is 394 g/mol.